The van der Waals surface area contributed by atoms with E-state index < -0.39 is 29.5 Å². The lowest BCUT2D eigenvalue weighted by Crippen LogP contribution is -2.30. The van der Waals surface area contributed by atoms with E-state index in [9.17, 15) is 18.0 Å². The summed E-state index contributed by atoms with van der Waals surface area (Å²) in [5.74, 6) is -3.42. The van der Waals surface area contributed by atoms with Crippen LogP contribution in [-0.2, 0) is 4.79 Å². The van der Waals surface area contributed by atoms with Crippen molar-refractivity contribution in [1.82, 2.24) is 0 Å². The Morgan fingerprint density at radius 2 is 1.82 bits per heavy atom. The van der Waals surface area contributed by atoms with Crippen LogP contribution < -0.4 is 10.1 Å². The van der Waals surface area contributed by atoms with Gasteiger partial charge in [0.2, 0.25) is 0 Å². The summed E-state index contributed by atoms with van der Waals surface area (Å²) in [6, 6.07) is 7.10. The summed E-state index contributed by atoms with van der Waals surface area (Å²) < 4.78 is 45.2. The van der Waals surface area contributed by atoms with Crippen LogP contribution in [0.4, 0.5) is 18.9 Å². The second-order valence-corrected chi connectivity index (χ2v) is 5.37. The molecule has 0 aliphatic rings. The molecule has 1 atom stereocenters. The van der Waals surface area contributed by atoms with E-state index in [1.165, 1.54) is 25.1 Å². The van der Waals surface area contributed by atoms with E-state index in [1.54, 1.807) is 6.07 Å². The van der Waals surface area contributed by atoms with Crippen LogP contribution in [0.5, 0.6) is 5.75 Å². The average molecular weight is 374 g/mol. The van der Waals surface area contributed by atoms with Crippen LogP contribution >= 0.6 is 15.9 Å². The minimum absolute atomic E-state index is 0.0793. The zero-order valence-electron chi connectivity index (χ0n) is 11.4. The quantitative estimate of drug-likeness (QED) is 0.868. The Labute approximate surface area is 133 Å². The standard InChI is InChI=1S/C15H11BrF3NO2/c1-8(22-14-5-2-9(16)6-13(14)19)15(21)20-10-3-4-11(17)12(18)7-10/h2-8H,1H3,(H,20,21). The normalized spacial score (nSPS) is 11.9. The van der Waals surface area contributed by atoms with E-state index in [1.807, 2.05) is 0 Å². The molecule has 7 heteroatoms. The summed E-state index contributed by atoms with van der Waals surface area (Å²) in [7, 11) is 0. The summed E-state index contributed by atoms with van der Waals surface area (Å²) in [6.45, 7) is 1.41. The smallest absolute Gasteiger partial charge is 0.265 e. The van der Waals surface area contributed by atoms with Gasteiger partial charge in [-0.05, 0) is 37.3 Å². The number of hydrogen-bond acceptors (Lipinski definition) is 2. The number of hydrogen-bond donors (Lipinski definition) is 1. The first-order valence-corrected chi connectivity index (χ1v) is 7.03. The van der Waals surface area contributed by atoms with E-state index in [0.29, 0.717) is 4.47 Å². The van der Waals surface area contributed by atoms with Gasteiger partial charge in [0.1, 0.15) is 0 Å². The molecule has 0 spiro atoms. The second kappa shape index (κ2) is 6.83. The zero-order valence-corrected chi connectivity index (χ0v) is 13.0. The molecule has 116 valence electrons. The molecule has 2 aromatic rings. The van der Waals surface area contributed by atoms with E-state index in [0.717, 1.165) is 12.1 Å². The molecule has 0 bridgehead atoms. The van der Waals surface area contributed by atoms with Gasteiger partial charge in [0.05, 0.1) is 0 Å². The molecule has 0 heterocycles. The van der Waals surface area contributed by atoms with Gasteiger partial charge in [-0.15, -0.1) is 0 Å². The van der Waals surface area contributed by atoms with Gasteiger partial charge in [-0.25, -0.2) is 13.2 Å². The Kier molecular flexibility index (Phi) is 5.07. The maximum atomic E-state index is 13.6. The molecule has 2 rings (SSSR count). The highest BCUT2D eigenvalue weighted by Gasteiger charge is 2.17. The molecule has 0 fully saturated rings. The molecular weight excluding hydrogens is 363 g/mol. The minimum atomic E-state index is -1.08. The second-order valence-electron chi connectivity index (χ2n) is 4.45. The van der Waals surface area contributed by atoms with Gasteiger partial charge in [-0.1, -0.05) is 15.9 Å². The van der Waals surface area contributed by atoms with Crippen LogP contribution in [0.2, 0.25) is 0 Å². The van der Waals surface area contributed by atoms with Crippen LogP contribution in [0.1, 0.15) is 6.92 Å². The third-order valence-electron chi connectivity index (χ3n) is 2.75. The molecule has 0 saturated carbocycles. The van der Waals surface area contributed by atoms with Crippen LogP contribution in [0.15, 0.2) is 40.9 Å². The average Bonchev–Trinajstić information content (AvgIpc) is 2.45. The van der Waals surface area contributed by atoms with Gasteiger partial charge < -0.3 is 10.1 Å². The third-order valence-corrected chi connectivity index (χ3v) is 3.25. The number of nitrogens with one attached hydrogen (secondary N) is 1. The lowest BCUT2D eigenvalue weighted by atomic mass is 10.2. The number of benzene rings is 2. The van der Waals surface area contributed by atoms with Crippen molar-refractivity contribution in [2.45, 2.75) is 13.0 Å². The molecule has 1 unspecified atom stereocenters. The highest BCUT2D eigenvalue weighted by molar-refractivity contribution is 9.10. The van der Waals surface area contributed by atoms with E-state index in [2.05, 4.69) is 21.2 Å². The van der Waals surface area contributed by atoms with Crippen molar-refractivity contribution in [3.63, 3.8) is 0 Å². The lowest BCUT2D eigenvalue weighted by molar-refractivity contribution is -0.122. The van der Waals surface area contributed by atoms with Crippen molar-refractivity contribution in [3.05, 3.63) is 58.3 Å². The van der Waals surface area contributed by atoms with Crippen molar-refractivity contribution >= 4 is 27.5 Å². The Hall–Kier alpha value is -2.02. The molecule has 0 radical (unpaired) electrons. The van der Waals surface area contributed by atoms with Gasteiger partial charge in [0.25, 0.3) is 5.91 Å². The van der Waals surface area contributed by atoms with Crippen LogP contribution in [0.3, 0.4) is 0 Å². The minimum Gasteiger partial charge on any atom is -0.478 e. The molecule has 3 nitrogen and oxygen atoms in total. The molecule has 0 saturated heterocycles. The number of carbonyl (C=O) groups excluding carboxylic acids is 1. The maximum absolute atomic E-state index is 13.6. The monoisotopic (exact) mass is 373 g/mol. The van der Waals surface area contributed by atoms with E-state index in [4.69, 9.17) is 4.74 Å². The topological polar surface area (TPSA) is 38.3 Å². The van der Waals surface area contributed by atoms with Gasteiger partial charge in [-0.2, -0.15) is 0 Å². The predicted molar refractivity (Wildman–Crippen MR) is 79.2 cm³/mol. The van der Waals surface area contributed by atoms with Crippen molar-refractivity contribution < 1.29 is 22.7 Å². The summed E-state index contributed by atoms with van der Waals surface area (Å²) in [4.78, 5) is 11.9. The lowest BCUT2D eigenvalue weighted by Gasteiger charge is -2.15. The van der Waals surface area contributed by atoms with Crippen LogP contribution in [0.25, 0.3) is 0 Å². The molecule has 2 aromatic carbocycles. The van der Waals surface area contributed by atoms with E-state index >= 15 is 0 Å². The molecule has 0 aliphatic carbocycles. The Morgan fingerprint density at radius 3 is 2.45 bits per heavy atom. The first kappa shape index (κ1) is 16.4. The van der Waals surface area contributed by atoms with Crippen molar-refractivity contribution in [2.24, 2.45) is 0 Å². The van der Waals surface area contributed by atoms with Gasteiger partial charge >= 0.3 is 0 Å². The highest BCUT2D eigenvalue weighted by Crippen LogP contribution is 2.22. The number of amides is 1. The Morgan fingerprint density at radius 1 is 1.09 bits per heavy atom. The number of anilines is 1. The Balaban J connectivity index is 2.04. The number of ether oxygens (including phenoxy) is 1. The Bertz CT molecular complexity index is 709. The summed E-state index contributed by atoms with van der Waals surface area (Å²) in [5.41, 5.74) is 0.0793. The van der Waals surface area contributed by atoms with Crippen molar-refractivity contribution in [1.29, 1.82) is 0 Å². The third kappa shape index (κ3) is 4.00. The molecular formula is C15H11BrF3NO2. The molecule has 0 aliphatic heterocycles. The molecule has 0 aromatic heterocycles. The number of rotatable bonds is 4. The molecule has 22 heavy (non-hydrogen) atoms. The van der Waals surface area contributed by atoms with Crippen molar-refractivity contribution in [3.8, 4) is 5.75 Å². The first-order valence-electron chi connectivity index (χ1n) is 6.24. The van der Waals surface area contributed by atoms with Gasteiger partial charge in [-0.3, -0.25) is 4.79 Å². The van der Waals surface area contributed by atoms with E-state index in [-0.39, 0.29) is 11.4 Å². The maximum Gasteiger partial charge on any atom is 0.265 e. The van der Waals surface area contributed by atoms with Crippen molar-refractivity contribution in [2.75, 3.05) is 5.32 Å². The van der Waals surface area contributed by atoms with Crippen LogP contribution in [0, 0.1) is 17.5 Å². The predicted octanol–water partition coefficient (Wildman–Crippen LogP) is 4.27. The summed E-state index contributed by atoms with van der Waals surface area (Å²) in [6.07, 6.45) is -1.02. The number of carbonyl (C=O) groups is 1. The fourth-order valence-corrected chi connectivity index (χ4v) is 1.97. The molecule has 1 N–H and O–H groups in total. The summed E-state index contributed by atoms with van der Waals surface area (Å²) in [5, 5.41) is 2.36. The van der Waals surface area contributed by atoms with Gasteiger partial charge in [0, 0.05) is 16.2 Å². The fraction of sp³-hybridized carbons (Fsp3) is 0.133. The first-order chi connectivity index (χ1) is 10.4. The number of halogens is 4. The zero-order chi connectivity index (χ0) is 16.3. The van der Waals surface area contributed by atoms with Crippen LogP contribution in [-0.4, -0.2) is 12.0 Å². The SMILES string of the molecule is CC(Oc1ccc(Br)cc1F)C(=O)Nc1ccc(F)c(F)c1. The largest absolute Gasteiger partial charge is 0.478 e. The summed E-state index contributed by atoms with van der Waals surface area (Å²) >= 11 is 3.11. The highest BCUT2D eigenvalue weighted by atomic mass is 79.9. The fourth-order valence-electron chi connectivity index (χ4n) is 1.63. The van der Waals surface area contributed by atoms with Gasteiger partial charge in [0.15, 0.2) is 29.3 Å². The molecule has 1 amide bonds.